The minimum atomic E-state index is 1.00. The second-order valence-corrected chi connectivity index (χ2v) is 14.0. The van der Waals surface area contributed by atoms with Gasteiger partial charge >= 0.3 is 0 Å². The molecule has 5 aliphatic rings. The van der Waals surface area contributed by atoms with Gasteiger partial charge in [0.15, 0.2) is 0 Å². The largest absolute Gasteiger partial charge is 0.179 e. The average molecular weight is 477 g/mol. The van der Waals surface area contributed by atoms with E-state index in [9.17, 15) is 0 Å². The van der Waals surface area contributed by atoms with Crippen LogP contribution < -0.4 is 0 Å². The Balaban J connectivity index is 1.13. The summed E-state index contributed by atoms with van der Waals surface area (Å²) in [5.74, 6) is 12.8. The predicted octanol–water partition coefficient (Wildman–Crippen LogP) is 9.10. The quantitative estimate of drug-likeness (QED) is 0.321. The second-order valence-electron chi connectivity index (χ2n) is 13.1. The first-order valence-corrected chi connectivity index (χ1v) is 16.2. The van der Waals surface area contributed by atoms with E-state index in [1.807, 2.05) is 0 Å². The lowest BCUT2D eigenvalue weighted by molar-refractivity contribution is 0.0452. The molecule has 0 saturated heterocycles. The lowest BCUT2D eigenvalue weighted by Gasteiger charge is -2.46. The molecule has 0 aromatic heterocycles. The van der Waals surface area contributed by atoms with Gasteiger partial charge in [-0.3, -0.25) is 0 Å². The molecule has 5 aliphatic carbocycles. The Morgan fingerprint density at radius 3 is 1.22 bits per heavy atom. The van der Waals surface area contributed by atoms with Gasteiger partial charge in [-0.2, -0.15) is 25.3 Å². The minimum absolute atomic E-state index is 1.00. The minimum Gasteiger partial charge on any atom is -0.179 e. The third-order valence-electron chi connectivity index (χ3n) is 11.5. The molecule has 0 bridgehead atoms. The molecule has 0 aliphatic heterocycles. The van der Waals surface area contributed by atoms with Crippen molar-refractivity contribution in [2.75, 3.05) is 11.5 Å². The maximum absolute atomic E-state index is 4.70. The SMILES string of the molecule is SCCC1CC(C2CCCC2)CCC1C1CCC(C2CCC(C3CC3)C(CCS)C2)CC1. The summed E-state index contributed by atoms with van der Waals surface area (Å²) >= 11 is 9.35. The highest BCUT2D eigenvalue weighted by atomic mass is 32.1. The molecular weight excluding hydrogens is 424 g/mol. The summed E-state index contributed by atoms with van der Waals surface area (Å²) in [6.45, 7) is 0. The van der Waals surface area contributed by atoms with Gasteiger partial charge < -0.3 is 0 Å². The van der Waals surface area contributed by atoms with E-state index in [0.29, 0.717) is 0 Å². The number of hydrogen-bond donors (Lipinski definition) is 2. The van der Waals surface area contributed by atoms with Crippen LogP contribution in [0.3, 0.4) is 0 Å². The predicted molar refractivity (Wildman–Crippen MR) is 146 cm³/mol. The van der Waals surface area contributed by atoms with Crippen molar-refractivity contribution in [2.24, 2.45) is 59.2 Å². The summed E-state index contributed by atoms with van der Waals surface area (Å²) < 4.78 is 0. The maximum Gasteiger partial charge on any atom is -0.00952 e. The first kappa shape index (κ1) is 24.4. The van der Waals surface area contributed by atoms with Gasteiger partial charge in [0, 0.05) is 0 Å². The van der Waals surface area contributed by atoms with Gasteiger partial charge in [-0.1, -0.05) is 25.7 Å². The van der Waals surface area contributed by atoms with Crippen molar-refractivity contribution < 1.29 is 0 Å². The van der Waals surface area contributed by atoms with Crippen LogP contribution in [-0.4, -0.2) is 11.5 Å². The summed E-state index contributed by atoms with van der Waals surface area (Å²) in [5, 5.41) is 0. The van der Waals surface area contributed by atoms with E-state index in [0.717, 1.165) is 70.7 Å². The normalized spacial score (nSPS) is 44.1. The monoisotopic (exact) mass is 476 g/mol. The van der Waals surface area contributed by atoms with Crippen LogP contribution in [0.25, 0.3) is 0 Å². The molecule has 6 atom stereocenters. The Kier molecular flexibility index (Phi) is 8.86. The summed E-state index contributed by atoms with van der Waals surface area (Å²) in [6, 6.07) is 0. The van der Waals surface area contributed by atoms with Crippen molar-refractivity contribution in [3.8, 4) is 0 Å². The molecule has 5 rings (SSSR count). The van der Waals surface area contributed by atoms with Gasteiger partial charge in [0.2, 0.25) is 0 Å². The van der Waals surface area contributed by atoms with Gasteiger partial charge in [0.25, 0.3) is 0 Å². The molecule has 184 valence electrons. The maximum atomic E-state index is 4.70. The van der Waals surface area contributed by atoms with E-state index in [-0.39, 0.29) is 0 Å². The molecule has 2 heteroatoms. The van der Waals surface area contributed by atoms with Gasteiger partial charge in [-0.05, 0) is 161 Å². The van der Waals surface area contributed by atoms with Crippen LogP contribution in [0.5, 0.6) is 0 Å². The Labute approximate surface area is 211 Å². The summed E-state index contributed by atoms with van der Waals surface area (Å²) in [4.78, 5) is 0. The van der Waals surface area contributed by atoms with Crippen molar-refractivity contribution in [3.05, 3.63) is 0 Å². The van der Waals surface area contributed by atoms with Crippen molar-refractivity contribution in [1.29, 1.82) is 0 Å². The van der Waals surface area contributed by atoms with E-state index in [2.05, 4.69) is 12.6 Å². The third-order valence-corrected chi connectivity index (χ3v) is 12.1. The van der Waals surface area contributed by atoms with Crippen LogP contribution >= 0.6 is 25.3 Å². The van der Waals surface area contributed by atoms with Crippen molar-refractivity contribution >= 4 is 25.3 Å². The van der Waals surface area contributed by atoms with E-state index in [4.69, 9.17) is 12.6 Å². The lowest BCUT2D eigenvalue weighted by atomic mass is 9.59. The van der Waals surface area contributed by atoms with Crippen molar-refractivity contribution in [1.82, 2.24) is 0 Å². The highest BCUT2D eigenvalue weighted by Crippen LogP contribution is 2.54. The Morgan fingerprint density at radius 1 is 0.406 bits per heavy atom. The van der Waals surface area contributed by atoms with Crippen LogP contribution in [0, 0.1) is 59.2 Å². The zero-order valence-electron chi connectivity index (χ0n) is 20.8. The fourth-order valence-electron chi connectivity index (χ4n) is 9.74. The van der Waals surface area contributed by atoms with E-state index < -0.39 is 0 Å². The Bertz CT molecular complexity index is 557. The van der Waals surface area contributed by atoms with Crippen LogP contribution in [0.2, 0.25) is 0 Å². The first-order valence-electron chi connectivity index (χ1n) is 15.0. The summed E-state index contributed by atoms with van der Waals surface area (Å²) in [7, 11) is 0. The van der Waals surface area contributed by atoms with Gasteiger partial charge in [0.05, 0.1) is 0 Å². The molecule has 0 aromatic carbocycles. The summed E-state index contributed by atoms with van der Waals surface area (Å²) in [6.07, 6.45) is 27.6. The molecular formula is C30H52S2. The van der Waals surface area contributed by atoms with Gasteiger partial charge in [-0.15, -0.1) is 0 Å². The highest BCUT2D eigenvalue weighted by Gasteiger charge is 2.43. The molecule has 5 saturated carbocycles. The topological polar surface area (TPSA) is 0 Å². The first-order chi connectivity index (χ1) is 15.8. The number of thiol groups is 2. The van der Waals surface area contributed by atoms with Crippen molar-refractivity contribution in [3.63, 3.8) is 0 Å². The highest BCUT2D eigenvalue weighted by molar-refractivity contribution is 7.80. The lowest BCUT2D eigenvalue weighted by Crippen LogP contribution is -2.36. The third kappa shape index (κ3) is 5.74. The zero-order chi connectivity index (χ0) is 21.9. The average Bonchev–Trinajstić information content (AvgIpc) is 3.52. The smallest absolute Gasteiger partial charge is 0.00952 e. The summed E-state index contributed by atoms with van der Waals surface area (Å²) in [5.41, 5.74) is 0. The molecule has 0 N–H and O–H groups in total. The number of rotatable bonds is 8. The Morgan fingerprint density at radius 2 is 0.781 bits per heavy atom. The van der Waals surface area contributed by atoms with Crippen LogP contribution in [0.4, 0.5) is 0 Å². The Hall–Kier alpha value is 0.700. The molecule has 32 heavy (non-hydrogen) atoms. The second kappa shape index (κ2) is 11.6. The molecule has 0 heterocycles. The zero-order valence-corrected chi connectivity index (χ0v) is 22.6. The van der Waals surface area contributed by atoms with Crippen molar-refractivity contribution in [2.45, 2.75) is 116 Å². The molecule has 0 aromatic rings. The van der Waals surface area contributed by atoms with Crippen LogP contribution in [-0.2, 0) is 0 Å². The molecule has 0 spiro atoms. The van der Waals surface area contributed by atoms with E-state index >= 15 is 0 Å². The van der Waals surface area contributed by atoms with Gasteiger partial charge in [-0.25, -0.2) is 0 Å². The fraction of sp³-hybridized carbons (Fsp3) is 1.00. The molecule has 0 nitrogen and oxygen atoms in total. The molecule has 6 unspecified atom stereocenters. The van der Waals surface area contributed by atoms with Crippen LogP contribution in [0.1, 0.15) is 116 Å². The molecule has 5 fully saturated rings. The fourth-order valence-corrected chi connectivity index (χ4v) is 10.4. The van der Waals surface area contributed by atoms with E-state index in [1.165, 1.54) is 25.7 Å². The standard InChI is InChI=1S/C30H52S2/c31-17-15-27-19-25(21-3-1-2-4-21)11-13-29(27)23-7-5-22(6-8-23)26-12-14-30(24-9-10-24)28(20-26)16-18-32/h21-32H,1-20H2. The number of hydrogen-bond acceptors (Lipinski definition) is 2. The van der Waals surface area contributed by atoms with E-state index in [1.54, 1.807) is 89.9 Å². The van der Waals surface area contributed by atoms with Crippen LogP contribution in [0.15, 0.2) is 0 Å². The van der Waals surface area contributed by atoms with Gasteiger partial charge in [0.1, 0.15) is 0 Å². The molecule has 0 radical (unpaired) electrons. The molecule has 0 amide bonds.